The third-order valence-electron chi connectivity index (χ3n) is 2.27. The molecule has 80 valence electrons. The van der Waals surface area contributed by atoms with Crippen LogP contribution < -0.4 is 5.73 Å². The van der Waals surface area contributed by atoms with Crippen LogP contribution in [-0.2, 0) is 4.74 Å². The largest absolute Gasteiger partial charge is 0.466 e. The standard InChI is InChI=1S/C10H16BrNO2/c1-7(13-2)3-4-9(12)10-8(11)5-6-14-10/h5-7,9H,3-4,12H2,1-2H3. The molecule has 0 bridgehead atoms. The Hall–Kier alpha value is -0.320. The van der Waals surface area contributed by atoms with Gasteiger partial charge in [0, 0.05) is 7.11 Å². The van der Waals surface area contributed by atoms with Crippen LogP contribution in [-0.4, -0.2) is 13.2 Å². The summed E-state index contributed by atoms with van der Waals surface area (Å²) in [6, 6.07) is 1.80. The summed E-state index contributed by atoms with van der Waals surface area (Å²) in [5.41, 5.74) is 5.96. The second kappa shape index (κ2) is 5.53. The quantitative estimate of drug-likeness (QED) is 0.887. The topological polar surface area (TPSA) is 48.4 Å². The highest BCUT2D eigenvalue weighted by atomic mass is 79.9. The zero-order valence-corrected chi connectivity index (χ0v) is 10.1. The van der Waals surface area contributed by atoms with Crippen LogP contribution in [0.15, 0.2) is 21.2 Å². The van der Waals surface area contributed by atoms with Crippen molar-refractivity contribution in [2.45, 2.75) is 31.9 Å². The average Bonchev–Trinajstić information content (AvgIpc) is 2.60. The van der Waals surface area contributed by atoms with Crippen LogP contribution in [0.3, 0.4) is 0 Å². The maximum atomic E-state index is 5.96. The first-order valence-corrected chi connectivity index (χ1v) is 5.45. The predicted molar refractivity (Wildman–Crippen MR) is 59.0 cm³/mol. The van der Waals surface area contributed by atoms with E-state index in [0.29, 0.717) is 0 Å². The van der Waals surface area contributed by atoms with Gasteiger partial charge in [0.1, 0.15) is 5.76 Å². The number of halogens is 1. The number of hydrogen-bond donors (Lipinski definition) is 1. The molecule has 2 unspecified atom stereocenters. The van der Waals surface area contributed by atoms with E-state index in [1.165, 1.54) is 0 Å². The van der Waals surface area contributed by atoms with Crippen molar-refractivity contribution in [3.63, 3.8) is 0 Å². The molecule has 1 heterocycles. The van der Waals surface area contributed by atoms with E-state index in [1.54, 1.807) is 13.4 Å². The van der Waals surface area contributed by atoms with Gasteiger partial charge in [0.05, 0.1) is 22.9 Å². The van der Waals surface area contributed by atoms with Crippen LogP contribution in [0.4, 0.5) is 0 Å². The summed E-state index contributed by atoms with van der Waals surface area (Å²) in [6.07, 6.45) is 3.68. The molecular weight excluding hydrogens is 246 g/mol. The highest BCUT2D eigenvalue weighted by Crippen LogP contribution is 2.26. The molecule has 0 amide bonds. The summed E-state index contributed by atoms with van der Waals surface area (Å²) in [4.78, 5) is 0. The van der Waals surface area contributed by atoms with E-state index in [0.717, 1.165) is 23.1 Å². The Morgan fingerprint density at radius 2 is 2.29 bits per heavy atom. The minimum Gasteiger partial charge on any atom is -0.466 e. The normalized spacial score (nSPS) is 15.4. The van der Waals surface area contributed by atoms with Crippen molar-refractivity contribution in [2.24, 2.45) is 5.73 Å². The highest BCUT2D eigenvalue weighted by Gasteiger charge is 2.14. The fraction of sp³-hybridized carbons (Fsp3) is 0.600. The monoisotopic (exact) mass is 261 g/mol. The van der Waals surface area contributed by atoms with Gasteiger partial charge < -0.3 is 14.9 Å². The Morgan fingerprint density at radius 3 is 2.79 bits per heavy atom. The lowest BCUT2D eigenvalue weighted by Gasteiger charge is -2.13. The summed E-state index contributed by atoms with van der Waals surface area (Å²) in [6.45, 7) is 2.03. The van der Waals surface area contributed by atoms with E-state index in [9.17, 15) is 0 Å². The van der Waals surface area contributed by atoms with Crippen molar-refractivity contribution in [1.29, 1.82) is 0 Å². The Kier molecular flexibility index (Phi) is 4.65. The van der Waals surface area contributed by atoms with Gasteiger partial charge in [-0.05, 0) is 41.8 Å². The van der Waals surface area contributed by atoms with Gasteiger partial charge in [0.2, 0.25) is 0 Å². The minimum absolute atomic E-state index is 0.0584. The lowest BCUT2D eigenvalue weighted by atomic mass is 10.1. The van der Waals surface area contributed by atoms with Crippen LogP contribution in [0.5, 0.6) is 0 Å². The fourth-order valence-electron chi connectivity index (χ4n) is 1.23. The summed E-state index contributed by atoms with van der Waals surface area (Å²) in [5.74, 6) is 0.813. The molecule has 0 aliphatic carbocycles. The summed E-state index contributed by atoms with van der Waals surface area (Å²) in [5, 5.41) is 0. The second-order valence-corrected chi connectivity index (χ2v) is 4.22. The highest BCUT2D eigenvalue weighted by molar-refractivity contribution is 9.10. The van der Waals surface area contributed by atoms with Gasteiger partial charge in [-0.1, -0.05) is 0 Å². The lowest BCUT2D eigenvalue weighted by Crippen LogP contribution is -2.14. The Morgan fingerprint density at radius 1 is 1.57 bits per heavy atom. The van der Waals surface area contributed by atoms with Crippen molar-refractivity contribution in [1.82, 2.24) is 0 Å². The van der Waals surface area contributed by atoms with Crippen molar-refractivity contribution >= 4 is 15.9 Å². The number of methoxy groups -OCH3 is 1. The molecule has 0 radical (unpaired) electrons. The minimum atomic E-state index is -0.0584. The molecule has 14 heavy (non-hydrogen) atoms. The van der Waals surface area contributed by atoms with E-state index in [-0.39, 0.29) is 12.1 Å². The van der Waals surface area contributed by atoms with Gasteiger partial charge in [-0.2, -0.15) is 0 Å². The Balaban J connectivity index is 2.43. The van der Waals surface area contributed by atoms with Gasteiger partial charge in [0.15, 0.2) is 0 Å². The summed E-state index contributed by atoms with van der Waals surface area (Å²) in [7, 11) is 1.71. The number of furan rings is 1. The van der Waals surface area contributed by atoms with Crippen molar-refractivity contribution < 1.29 is 9.15 Å². The maximum Gasteiger partial charge on any atom is 0.134 e. The molecule has 0 saturated carbocycles. The Bertz CT molecular complexity index is 275. The van der Waals surface area contributed by atoms with E-state index in [2.05, 4.69) is 15.9 Å². The molecule has 1 aromatic heterocycles. The fourth-order valence-corrected chi connectivity index (χ4v) is 1.73. The smallest absolute Gasteiger partial charge is 0.134 e. The van der Waals surface area contributed by atoms with Gasteiger partial charge in [-0.3, -0.25) is 0 Å². The van der Waals surface area contributed by atoms with E-state index < -0.39 is 0 Å². The van der Waals surface area contributed by atoms with E-state index >= 15 is 0 Å². The van der Waals surface area contributed by atoms with Crippen LogP contribution in [0.1, 0.15) is 31.6 Å². The molecule has 2 atom stereocenters. The SMILES string of the molecule is COC(C)CCC(N)c1occc1Br. The first-order chi connectivity index (χ1) is 6.65. The molecule has 0 aromatic carbocycles. The molecule has 3 nitrogen and oxygen atoms in total. The van der Waals surface area contributed by atoms with Gasteiger partial charge in [-0.25, -0.2) is 0 Å². The predicted octanol–water partition coefficient (Wildman–Crippen LogP) is 2.86. The number of hydrogen-bond acceptors (Lipinski definition) is 3. The Labute approximate surface area is 92.7 Å². The number of ether oxygens (including phenoxy) is 1. The van der Waals surface area contributed by atoms with Gasteiger partial charge in [0.25, 0.3) is 0 Å². The van der Waals surface area contributed by atoms with Gasteiger partial charge >= 0.3 is 0 Å². The zero-order valence-electron chi connectivity index (χ0n) is 8.50. The first kappa shape index (κ1) is 11.8. The van der Waals surface area contributed by atoms with Gasteiger partial charge in [-0.15, -0.1) is 0 Å². The summed E-state index contributed by atoms with van der Waals surface area (Å²) >= 11 is 3.39. The van der Waals surface area contributed by atoms with Crippen molar-refractivity contribution in [3.8, 4) is 0 Å². The van der Waals surface area contributed by atoms with E-state index in [4.69, 9.17) is 14.9 Å². The molecule has 4 heteroatoms. The summed E-state index contributed by atoms with van der Waals surface area (Å²) < 4.78 is 11.4. The number of nitrogens with two attached hydrogens (primary N) is 1. The third kappa shape index (κ3) is 3.12. The molecule has 0 fully saturated rings. The van der Waals surface area contributed by atoms with Crippen LogP contribution in [0.25, 0.3) is 0 Å². The number of rotatable bonds is 5. The molecule has 0 spiro atoms. The lowest BCUT2D eigenvalue weighted by molar-refractivity contribution is 0.106. The molecule has 0 aliphatic heterocycles. The molecular formula is C10H16BrNO2. The first-order valence-electron chi connectivity index (χ1n) is 4.66. The second-order valence-electron chi connectivity index (χ2n) is 3.36. The molecule has 1 rings (SSSR count). The van der Waals surface area contributed by atoms with Crippen molar-refractivity contribution in [2.75, 3.05) is 7.11 Å². The van der Waals surface area contributed by atoms with Crippen molar-refractivity contribution in [3.05, 3.63) is 22.6 Å². The van der Waals surface area contributed by atoms with E-state index in [1.807, 2.05) is 13.0 Å². The van der Waals surface area contributed by atoms with Crippen LogP contribution >= 0.6 is 15.9 Å². The maximum absolute atomic E-state index is 5.96. The van der Waals surface area contributed by atoms with Crippen LogP contribution in [0.2, 0.25) is 0 Å². The molecule has 2 N–H and O–H groups in total. The zero-order chi connectivity index (χ0) is 10.6. The molecule has 0 saturated heterocycles. The van der Waals surface area contributed by atoms with Crippen LogP contribution in [0, 0.1) is 0 Å². The molecule has 1 aromatic rings. The third-order valence-corrected chi connectivity index (χ3v) is 2.92. The molecule has 0 aliphatic rings. The average molecular weight is 262 g/mol.